The van der Waals surface area contributed by atoms with Crippen molar-refractivity contribution in [1.29, 1.82) is 0 Å². The van der Waals surface area contributed by atoms with Gasteiger partial charge in [-0.15, -0.1) is 31.7 Å². The van der Waals surface area contributed by atoms with E-state index in [0.29, 0.717) is 10.2 Å². The summed E-state index contributed by atoms with van der Waals surface area (Å²) >= 11 is 4.29. The van der Waals surface area contributed by atoms with Crippen molar-refractivity contribution in [3.05, 3.63) is 40.3 Å². The molecule has 0 atom stereocenters. The molecule has 0 saturated heterocycles. The fourth-order valence-corrected chi connectivity index (χ4v) is 4.95. The van der Waals surface area contributed by atoms with Crippen LogP contribution >= 0.6 is 34.4 Å². The van der Waals surface area contributed by atoms with E-state index in [4.69, 9.17) is 0 Å². The Morgan fingerprint density at radius 2 is 1.93 bits per heavy atom. The van der Waals surface area contributed by atoms with Crippen LogP contribution in [0.1, 0.15) is 16.9 Å². The van der Waals surface area contributed by atoms with Gasteiger partial charge in [0.2, 0.25) is 11.0 Å². The van der Waals surface area contributed by atoms with Crippen molar-refractivity contribution >= 4 is 55.7 Å². The Bertz CT molecular complexity index is 1130. The molecule has 28 heavy (non-hydrogen) atoms. The summed E-state index contributed by atoms with van der Waals surface area (Å²) in [6, 6.07) is 9.93. The summed E-state index contributed by atoms with van der Waals surface area (Å²) in [5, 5.41) is 22.5. The number of aromatic nitrogens is 5. The smallest absolute Gasteiger partial charge is 0.236 e. The number of amides is 1. The molecule has 0 saturated carbocycles. The largest absolute Gasteiger partial charge is 0.300 e. The molecule has 0 aliphatic heterocycles. The minimum Gasteiger partial charge on any atom is -0.300 e. The standard InChI is InChI=1S/C18H16N6OS3/c1-3-13-21-24-18(28-13)20-12(25)9-26-17-15-16(27-10(2)19-15)14(22-23-17)11-7-5-4-6-8-11/h4-8H,3,9H2,1-2H3,(H,20,24,25). The van der Waals surface area contributed by atoms with Gasteiger partial charge in [0.1, 0.15) is 21.2 Å². The van der Waals surface area contributed by atoms with Gasteiger partial charge >= 0.3 is 0 Å². The SMILES string of the molecule is CCc1nnc(NC(=O)CSc2nnc(-c3ccccc3)c3sc(C)nc23)s1. The van der Waals surface area contributed by atoms with Gasteiger partial charge in [-0.05, 0) is 13.3 Å². The average molecular weight is 429 g/mol. The molecule has 0 aliphatic rings. The van der Waals surface area contributed by atoms with E-state index in [-0.39, 0.29) is 11.7 Å². The van der Waals surface area contributed by atoms with Crippen molar-refractivity contribution in [3.63, 3.8) is 0 Å². The molecule has 0 aliphatic carbocycles. The monoisotopic (exact) mass is 428 g/mol. The Kier molecular flexibility index (Phi) is 5.60. The highest BCUT2D eigenvalue weighted by Crippen LogP contribution is 2.35. The second-order valence-electron chi connectivity index (χ2n) is 5.82. The second kappa shape index (κ2) is 8.29. The lowest BCUT2D eigenvalue weighted by Crippen LogP contribution is -2.14. The lowest BCUT2D eigenvalue weighted by Gasteiger charge is -2.05. The number of hydrogen-bond donors (Lipinski definition) is 1. The second-order valence-corrected chi connectivity index (χ2v) is 9.05. The highest BCUT2D eigenvalue weighted by Gasteiger charge is 2.17. The molecule has 1 amide bonds. The van der Waals surface area contributed by atoms with Crippen LogP contribution in [0.3, 0.4) is 0 Å². The van der Waals surface area contributed by atoms with Crippen molar-refractivity contribution in [2.75, 3.05) is 11.1 Å². The number of carbonyl (C=O) groups excluding carboxylic acids is 1. The highest BCUT2D eigenvalue weighted by atomic mass is 32.2. The van der Waals surface area contributed by atoms with Crippen LogP contribution in [0.25, 0.3) is 21.5 Å². The third kappa shape index (κ3) is 4.03. The molecule has 1 aromatic carbocycles. The average Bonchev–Trinajstić information content (AvgIpc) is 3.32. The van der Waals surface area contributed by atoms with E-state index in [1.807, 2.05) is 44.2 Å². The molecule has 0 fully saturated rings. The molecule has 142 valence electrons. The van der Waals surface area contributed by atoms with E-state index < -0.39 is 0 Å². The zero-order chi connectivity index (χ0) is 19.5. The summed E-state index contributed by atoms with van der Waals surface area (Å²) in [6.07, 6.45) is 0.798. The number of thiazole rings is 1. The third-order valence-electron chi connectivity index (χ3n) is 3.80. The van der Waals surface area contributed by atoms with Gasteiger partial charge in [0, 0.05) is 5.56 Å². The third-order valence-corrected chi connectivity index (χ3v) is 6.71. The molecule has 10 heteroatoms. The summed E-state index contributed by atoms with van der Waals surface area (Å²) in [5.41, 5.74) is 2.61. The van der Waals surface area contributed by atoms with Gasteiger partial charge in [0.15, 0.2) is 0 Å². The predicted octanol–water partition coefficient (Wildman–Crippen LogP) is 4.21. The summed E-state index contributed by atoms with van der Waals surface area (Å²) in [4.78, 5) is 16.9. The molecule has 0 unspecified atom stereocenters. The molecule has 0 radical (unpaired) electrons. The molecule has 3 aromatic heterocycles. The molecule has 0 bridgehead atoms. The van der Waals surface area contributed by atoms with Gasteiger partial charge in [-0.3, -0.25) is 10.1 Å². The lowest BCUT2D eigenvalue weighted by atomic mass is 10.1. The number of rotatable bonds is 6. The number of nitrogens with one attached hydrogen (secondary N) is 1. The van der Waals surface area contributed by atoms with Crippen molar-refractivity contribution in [2.24, 2.45) is 0 Å². The quantitative estimate of drug-likeness (QED) is 0.460. The fourth-order valence-electron chi connectivity index (χ4n) is 2.54. The highest BCUT2D eigenvalue weighted by molar-refractivity contribution is 8.00. The summed E-state index contributed by atoms with van der Waals surface area (Å²) in [7, 11) is 0. The maximum Gasteiger partial charge on any atom is 0.236 e. The fraction of sp³-hybridized carbons (Fsp3) is 0.222. The van der Waals surface area contributed by atoms with Crippen molar-refractivity contribution in [1.82, 2.24) is 25.4 Å². The zero-order valence-corrected chi connectivity index (χ0v) is 17.6. The Balaban J connectivity index is 1.53. The Morgan fingerprint density at radius 1 is 1.11 bits per heavy atom. The van der Waals surface area contributed by atoms with Crippen LogP contribution in [0, 0.1) is 6.92 Å². The molecular formula is C18H16N6OS3. The summed E-state index contributed by atoms with van der Waals surface area (Å²) < 4.78 is 0.985. The van der Waals surface area contributed by atoms with Crippen LogP contribution in [-0.4, -0.2) is 37.0 Å². The lowest BCUT2D eigenvalue weighted by molar-refractivity contribution is -0.113. The number of aryl methyl sites for hydroxylation is 2. The van der Waals surface area contributed by atoms with Gasteiger partial charge in [-0.2, -0.15) is 0 Å². The van der Waals surface area contributed by atoms with Gasteiger partial charge in [-0.1, -0.05) is 60.4 Å². The van der Waals surface area contributed by atoms with E-state index in [2.05, 4.69) is 30.7 Å². The van der Waals surface area contributed by atoms with Crippen LogP contribution < -0.4 is 5.32 Å². The zero-order valence-electron chi connectivity index (χ0n) is 15.2. The number of nitrogens with zero attached hydrogens (tertiary/aromatic N) is 5. The molecule has 3 heterocycles. The first-order valence-corrected chi connectivity index (χ1v) is 11.2. The summed E-state index contributed by atoms with van der Waals surface area (Å²) in [5.74, 6) is 0.0457. The van der Waals surface area contributed by atoms with Crippen molar-refractivity contribution in [3.8, 4) is 11.3 Å². The minimum atomic E-state index is -0.155. The number of thioether (sulfide) groups is 1. The van der Waals surface area contributed by atoms with E-state index in [1.165, 1.54) is 23.1 Å². The van der Waals surface area contributed by atoms with E-state index in [0.717, 1.165) is 37.9 Å². The normalized spacial score (nSPS) is 11.1. The van der Waals surface area contributed by atoms with Gasteiger partial charge in [0.05, 0.1) is 15.5 Å². The van der Waals surface area contributed by atoms with Crippen molar-refractivity contribution < 1.29 is 4.79 Å². The number of carbonyl (C=O) groups is 1. The molecule has 4 rings (SSSR count). The van der Waals surface area contributed by atoms with Crippen LogP contribution in [0.4, 0.5) is 5.13 Å². The van der Waals surface area contributed by atoms with Crippen LogP contribution in [0.15, 0.2) is 35.4 Å². The maximum absolute atomic E-state index is 12.3. The van der Waals surface area contributed by atoms with E-state index in [1.54, 1.807) is 11.3 Å². The Labute approximate surface area is 173 Å². The number of fused-ring (bicyclic) bond motifs is 1. The Morgan fingerprint density at radius 3 is 2.68 bits per heavy atom. The molecule has 0 spiro atoms. The molecule has 7 nitrogen and oxygen atoms in total. The van der Waals surface area contributed by atoms with Crippen LogP contribution in [0.2, 0.25) is 0 Å². The van der Waals surface area contributed by atoms with E-state index in [9.17, 15) is 4.79 Å². The number of benzene rings is 1. The first-order valence-electron chi connectivity index (χ1n) is 8.58. The number of anilines is 1. The summed E-state index contributed by atoms with van der Waals surface area (Å²) in [6.45, 7) is 3.96. The molecule has 1 N–H and O–H groups in total. The van der Waals surface area contributed by atoms with Gasteiger partial charge < -0.3 is 0 Å². The topological polar surface area (TPSA) is 93.6 Å². The minimum absolute atomic E-state index is 0.155. The van der Waals surface area contributed by atoms with Gasteiger partial charge in [0.25, 0.3) is 0 Å². The first-order chi connectivity index (χ1) is 13.6. The predicted molar refractivity (Wildman–Crippen MR) is 114 cm³/mol. The maximum atomic E-state index is 12.3. The molecular weight excluding hydrogens is 412 g/mol. The van der Waals surface area contributed by atoms with Crippen LogP contribution in [0.5, 0.6) is 0 Å². The van der Waals surface area contributed by atoms with Crippen LogP contribution in [-0.2, 0) is 11.2 Å². The molecule has 4 aromatic rings. The number of hydrogen-bond acceptors (Lipinski definition) is 9. The first kappa shape index (κ1) is 18.9. The Hall–Kier alpha value is -2.43. The van der Waals surface area contributed by atoms with Crippen molar-refractivity contribution in [2.45, 2.75) is 25.3 Å². The van der Waals surface area contributed by atoms with Gasteiger partial charge in [-0.25, -0.2) is 4.98 Å². The van der Waals surface area contributed by atoms with E-state index >= 15 is 0 Å².